The summed E-state index contributed by atoms with van der Waals surface area (Å²) in [5.74, 6) is -0.842. The van der Waals surface area contributed by atoms with E-state index in [4.69, 9.17) is 11.6 Å². The number of nitrogens with one attached hydrogen (secondary N) is 1. The number of carbonyl (C=O) groups excluding carboxylic acids is 2. The first kappa shape index (κ1) is 32.8. The Morgan fingerprint density at radius 2 is 1.50 bits per heavy atom. The molecule has 0 saturated carbocycles. The Balaban J connectivity index is 1.82. The number of rotatable bonds is 12. The van der Waals surface area contributed by atoms with Crippen LogP contribution < -0.4 is 9.62 Å². The van der Waals surface area contributed by atoms with E-state index in [1.807, 2.05) is 82.3 Å². The molecule has 1 atom stereocenters. The molecule has 0 unspecified atom stereocenters. The van der Waals surface area contributed by atoms with Crippen LogP contribution in [0.3, 0.4) is 0 Å². The quantitative estimate of drug-likeness (QED) is 0.198. The van der Waals surface area contributed by atoms with Crippen molar-refractivity contribution in [1.82, 2.24) is 10.2 Å². The third kappa shape index (κ3) is 8.27. The molecule has 0 fully saturated rings. The predicted octanol–water partition coefficient (Wildman–Crippen LogP) is 6.32. The zero-order valence-electron chi connectivity index (χ0n) is 25.4. The lowest BCUT2D eigenvalue weighted by molar-refractivity contribution is -0.140. The molecule has 0 heterocycles. The summed E-state index contributed by atoms with van der Waals surface area (Å²) in [6, 6.07) is 28.9. The van der Waals surface area contributed by atoms with Crippen LogP contribution >= 0.6 is 11.6 Å². The molecule has 4 aromatic rings. The maximum Gasteiger partial charge on any atom is 0.264 e. The third-order valence-corrected chi connectivity index (χ3v) is 9.31. The van der Waals surface area contributed by atoms with Gasteiger partial charge in [0.1, 0.15) is 12.6 Å². The number of aryl methyl sites for hydroxylation is 2. The second kappa shape index (κ2) is 14.6. The Bertz CT molecular complexity index is 1690. The first-order chi connectivity index (χ1) is 21.0. The van der Waals surface area contributed by atoms with Gasteiger partial charge in [-0.2, -0.15) is 0 Å². The highest BCUT2D eigenvalue weighted by atomic mass is 35.5. The summed E-state index contributed by atoms with van der Waals surface area (Å²) >= 11 is 6.29. The van der Waals surface area contributed by atoms with Gasteiger partial charge in [0, 0.05) is 24.0 Å². The van der Waals surface area contributed by atoms with E-state index in [2.05, 4.69) is 5.32 Å². The molecule has 1 N–H and O–H groups in total. The summed E-state index contributed by atoms with van der Waals surface area (Å²) < 4.78 is 29.3. The van der Waals surface area contributed by atoms with Gasteiger partial charge in [-0.3, -0.25) is 13.9 Å². The normalized spacial score (nSPS) is 12.0. The van der Waals surface area contributed by atoms with Gasteiger partial charge in [-0.15, -0.1) is 0 Å². The number of hydrogen-bond acceptors (Lipinski definition) is 4. The van der Waals surface area contributed by atoms with Crippen molar-refractivity contribution in [2.45, 2.75) is 57.6 Å². The van der Waals surface area contributed by atoms with Crippen LogP contribution in [0.5, 0.6) is 0 Å². The highest BCUT2D eigenvalue weighted by Crippen LogP contribution is 2.27. The van der Waals surface area contributed by atoms with Crippen molar-refractivity contribution in [3.63, 3.8) is 0 Å². The Kier molecular flexibility index (Phi) is 10.8. The fourth-order valence-corrected chi connectivity index (χ4v) is 6.49. The van der Waals surface area contributed by atoms with E-state index >= 15 is 0 Å². The van der Waals surface area contributed by atoms with Crippen molar-refractivity contribution in [3.8, 4) is 0 Å². The maximum absolute atomic E-state index is 14.5. The summed E-state index contributed by atoms with van der Waals surface area (Å²) in [5.41, 5.74) is 3.82. The molecule has 0 saturated heterocycles. The lowest BCUT2D eigenvalue weighted by Crippen LogP contribution is -2.54. The van der Waals surface area contributed by atoms with Gasteiger partial charge in [-0.05, 0) is 74.7 Å². The smallest absolute Gasteiger partial charge is 0.264 e. The van der Waals surface area contributed by atoms with E-state index in [1.54, 1.807) is 30.3 Å². The van der Waals surface area contributed by atoms with Gasteiger partial charge < -0.3 is 10.2 Å². The number of carbonyl (C=O) groups is 2. The molecule has 4 aromatic carbocycles. The van der Waals surface area contributed by atoms with Crippen LogP contribution in [-0.2, 0) is 32.6 Å². The molecule has 0 aliphatic heterocycles. The average molecular weight is 632 g/mol. The van der Waals surface area contributed by atoms with Gasteiger partial charge in [0.15, 0.2) is 0 Å². The number of anilines is 1. The monoisotopic (exact) mass is 631 g/mol. The van der Waals surface area contributed by atoms with Crippen LogP contribution in [0.4, 0.5) is 5.69 Å². The molecule has 44 heavy (non-hydrogen) atoms. The maximum atomic E-state index is 14.5. The lowest BCUT2D eigenvalue weighted by atomic mass is 10.0. The molecule has 4 rings (SSSR count). The Labute approximate surface area is 265 Å². The molecule has 7 nitrogen and oxygen atoms in total. The van der Waals surface area contributed by atoms with Gasteiger partial charge in [-0.1, -0.05) is 90.0 Å². The lowest BCUT2D eigenvalue weighted by Gasteiger charge is -2.34. The highest BCUT2D eigenvalue weighted by Gasteiger charge is 2.35. The molecule has 0 aliphatic carbocycles. The van der Waals surface area contributed by atoms with Crippen LogP contribution in [-0.4, -0.2) is 43.8 Å². The Hall–Kier alpha value is -4.14. The molecule has 0 aliphatic rings. The largest absolute Gasteiger partial charge is 0.352 e. The number of amides is 2. The number of nitrogens with zero attached hydrogens (tertiary/aromatic N) is 2. The van der Waals surface area contributed by atoms with Crippen molar-refractivity contribution in [2.75, 3.05) is 10.8 Å². The summed E-state index contributed by atoms with van der Waals surface area (Å²) in [6.07, 6.45) is 0.249. The van der Waals surface area contributed by atoms with Crippen molar-refractivity contribution >= 4 is 39.1 Å². The van der Waals surface area contributed by atoms with Gasteiger partial charge >= 0.3 is 0 Å². The predicted molar refractivity (Wildman–Crippen MR) is 176 cm³/mol. The first-order valence-corrected chi connectivity index (χ1v) is 16.3. The fourth-order valence-electron chi connectivity index (χ4n) is 4.90. The van der Waals surface area contributed by atoms with Crippen molar-refractivity contribution < 1.29 is 18.0 Å². The van der Waals surface area contributed by atoms with E-state index in [9.17, 15) is 18.0 Å². The van der Waals surface area contributed by atoms with Crippen LogP contribution in [0.15, 0.2) is 108 Å². The van der Waals surface area contributed by atoms with Gasteiger partial charge in [0.25, 0.3) is 10.0 Å². The van der Waals surface area contributed by atoms with Crippen LogP contribution in [0.2, 0.25) is 5.02 Å². The molecular weight excluding hydrogens is 594 g/mol. The van der Waals surface area contributed by atoms with Crippen molar-refractivity contribution in [1.29, 1.82) is 0 Å². The van der Waals surface area contributed by atoms with Gasteiger partial charge in [0.05, 0.1) is 10.6 Å². The summed E-state index contributed by atoms with van der Waals surface area (Å²) in [5, 5.41) is 3.30. The summed E-state index contributed by atoms with van der Waals surface area (Å²) in [7, 11) is -4.19. The third-order valence-electron chi connectivity index (χ3n) is 7.29. The summed E-state index contributed by atoms with van der Waals surface area (Å²) in [4.78, 5) is 29.8. The van der Waals surface area contributed by atoms with Gasteiger partial charge in [-0.25, -0.2) is 8.42 Å². The molecule has 0 radical (unpaired) electrons. The standard InChI is InChI=1S/C35H38ClN3O4S/c1-25(2)37-35(41)33(21-28-12-6-5-7-13-28)38(23-29-14-9-8-11-27(29)4)34(40)24-39(31-16-10-15-30(36)22-31)44(42,43)32-19-17-26(3)18-20-32/h5-20,22,25,33H,21,23-24H2,1-4H3,(H,37,41)/t33-/m0/s1. The fraction of sp³-hybridized carbons (Fsp3) is 0.257. The van der Waals surface area contributed by atoms with Crippen LogP contribution in [0.1, 0.15) is 36.1 Å². The van der Waals surface area contributed by atoms with Crippen molar-refractivity contribution in [2.24, 2.45) is 0 Å². The number of hydrogen-bond donors (Lipinski definition) is 1. The molecule has 0 bridgehead atoms. The highest BCUT2D eigenvalue weighted by molar-refractivity contribution is 7.92. The minimum absolute atomic E-state index is 0.0414. The van der Waals surface area contributed by atoms with Gasteiger partial charge in [0.2, 0.25) is 11.8 Å². The molecule has 0 spiro atoms. The Morgan fingerprint density at radius 1 is 0.841 bits per heavy atom. The number of sulfonamides is 1. The topological polar surface area (TPSA) is 86.8 Å². The van der Waals surface area contributed by atoms with E-state index < -0.39 is 28.5 Å². The van der Waals surface area contributed by atoms with Crippen molar-refractivity contribution in [3.05, 3.63) is 130 Å². The van der Waals surface area contributed by atoms with E-state index in [1.165, 1.54) is 23.1 Å². The number of halogens is 1. The van der Waals surface area contributed by atoms with Crippen LogP contribution in [0, 0.1) is 13.8 Å². The molecule has 2 amide bonds. The SMILES string of the molecule is Cc1ccc(S(=O)(=O)N(CC(=O)N(Cc2ccccc2C)[C@@H](Cc2ccccc2)C(=O)NC(C)C)c2cccc(Cl)c2)cc1. The second-order valence-electron chi connectivity index (χ2n) is 11.1. The van der Waals surface area contributed by atoms with E-state index in [-0.39, 0.29) is 35.5 Å². The minimum Gasteiger partial charge on any atom is -0.352 e. The van der Waals surface area contributed by atoms with Crippen LogP contribution in [0.25, 0.3) is 0 Å². The molecular formula is C35H38ClN3O4S. The second-order valence-corrected chi connectivity index (χ2v) is 13.4. The summed E-state index contributed by atoms with van der Waals surface area (Å²) in [6.45, 7) is 7.11. The zero-order valence-corrected chi connectivity index (χ0v) is 27.0. The van der Waals surface area contributed by atoms with E-state index in [0.717, 1.165) is 26.6 Å². The average Bonchev–Trinajstić information content (AvgIpc) is 2.98. The Morgan fingerprint density at radius 3 is 2.14 bits per heavy atom. The minimum atomic E-state index is -4.19. The van der Waals surface area contributed by atoms with E-state index in [0.29, 0.717) is 5.02 Å². The zero-order chi connectivity index (χ0) is 31.9. The molecule has 0 aromatic heterocycles. The molecule has 9 heteroatoms. The molecule has 230 valence electrons. The first-order valence-electron chi connectivity index (χ1n) is 14.5. The number of benzene rings is 4.